The first-order chi connectivity index (χ1) is 8.95. The molecule has 0 aliphatic heterocycles. The third-order valence-electron chi connectivity index (χ3n) is 2.61. The van der Waals surface area contributed by atoms with Crippen LogP contribution in [0.2, 0.25) is 0 Å². The molecule has 0 saturated carbocycles. The van der Waals surface area contributed by atoms with Gasteiger partial charge < -0.3 is 9.52 Å². The molecule has 0 saturated heterocycles. The maximum atomic E-state index is 10.6. The van der Waals surface area contributed by atoms with Crippen molar-refractivity contribution in [1.82, 2.24) is 15.2 Å². The van der Waals surface area contributed by atoms with Gasteiger partial charge in [0.25, 0.3) is 5.89 Å². The van der Waals surface area contributed by atoms with Gasteiger partial charge in [-0.2, -0.15) is 0 Å². The van der Waals surface area contributed by atoms with E-state index in [1.165, 1.54) is 11.3 Å². The van der Waals surface area contributed by atoms with E-state index in [1.54, 1.807) is 0 Å². The Morgan fingerprint density at radius 1 is 1.42 bits per heavy atom. The minimum absolute atomic E-state index is 0.0323. The number of carboxylic acid groups (broad SMARTS) is 1. The second-order valence-electron chi connectivity index (χ2n) is 4.56. The zero-order valence-electron chi connectivity index (χ0n) is 11.0. The number of thiazole rings is 1. The highest BCUT2D eigenvalue weighted by Crippen LogP contribution is 2.28. The van der Waals surface area contributed by atoms with Crippen molar-refractivity contribution in [2.75, 3.05) is 0 Å². The minimum atomic E-state index is -0.818. The predicted molar refractivity (Wildman–Crippen MR) is 70.0 cm³/mol. The number of hydrogen-bond acceptors (Lipinski definition) is 6. The van der Waals surface area contributed by atoms with Crippen LogP contribution in [-0.4, -0.2) is 26.3 Å². The van der Waals surface area contributed by atoms with E-state index >= 15 is 0 Å². The van der Waals surface area contributed by atoms with E-state index in [4.69, 9.17) is 9.52 Å². The number of aryl methyl sites for hydroxylation is 2. The Labute approximate surface area is 114 Å². The summed E-state index contributed by atoms with van der Waals surface area (Å²) in [4.78, 5) is 15.8. The lowest BCUT2D eigenvalue weighted by molar-refractivity contribution is -0.137. The smallest absolute Gasteiger partial charge is 0.303 e. The molecule has 0 aliphatic rings. The summed E-state index contributed by atoms with van der Waals surface area (Å²) >= 11 is 1.51. The van der Waals surface area contributed by atoms with Crippen LogP contribution >= 0.6 is 11.3 Å². The van der Waals surface area contributed by atoms with E-state index in [1.807, 2.05) is 20.8 Å². The van der Waals surface area contributed by atoms with E-state index in [9.17, 15) is 4.79 Å². The molecular formula is C12H15N3O3S. The largest absolute Gasteiger partial charge is 0.481 e. The van der Waals surface area contributed by atoms with Gasteiger partial charge >= 0.3 is 5.97 Å². The Morgan fingerprint density at radius 3 is 2.74 bits per heavy atom. The molecule has 0 amide bonds. The fourth-order valence-electron chi connectivity index (χ4n) is 1.83. The van der Waals surface area contributed by atoms with Gasteiger partial charge in [0.15, 0.2) is 0 Å². The Bertz CT molecular complexity index is 591. The fourth-order valence-corrected chi connectivity index (χ4v) is 2.67. The van der Waals surface area contributed by atoms with Crippen LogP contribution < -0.4 is 0 Å². The van der Waals surface area contributed by atoms with E-state index < -0.39 is 5.97 Å². The lowest BCUT2D eigenvalue weighted by Crippen LogP contribution is -2.07. The summed E-state index contributed by atoms with van der Waals surface area (Å²) in [5.74, 6) is 0.0751. The molecule has 0 radical (unpaired) electrons. The minimum Gasteiger partial charge on any atom is -0.481 e. The third kappa shape index (κ3) is 3.37. The van der Waals surface area contributed by atoms with Crippen molar-refractivity contribution in [2.45, 2.75) is 33.6 Å². The van der Waals surface area contributed by atoms with Crippen LogP contribution in [0.3, 0.4) is 0 Å². The van der Waals surface area contributed by atoms with E-state index in [0.717, 1.165) is 15.6 Å². The molecule has 2 rings (SSSR count). The number of nitrogens with zero attached hydrogens (tertiary/aromatic N) is 3. The summed E-state index contributed by atoms with van der Waals surface area (Å²) in [7, 11) is 0. The second-order valence-corrected chi connectivity index (χ2v) is 5.76. The fraction of sp³-hybridized carbons (Fsp3) is 0.500. The first-order valence-electron chi connectivity index (χ1n) is 5.94. The van der Waals surface area contributed by atoms with Gasteiger partial charge in [0.05, 0.1) is 10.7 Å². The van der Waals surface area contributed by atoms with Crippen molar-refractivity contribution < 1.29 is 14.3 Å². The molecule has 2 aromatic rings. The van der Waals surface area contributed by atoms with E-state index in [2.05, 4.69) is 15.2 Å². The van der Waals surface area contributed by atoms with Gasteiger partial charge in [0.1, 0.15) is 4.88 Å². The van der Waals surface area contributed by atoms with Gasteiger partial charge in [-0.25, -0.2) is 4.98 Å². The molecule has 0 spiro atoms. The van der Waals surface area contributed by atoms with Crippen LogP contribution in [0.5, 0.6) is 0 Å². The van der Waals surface area contributed by atoms with Gasteiger partial charge in [0, 0.05) is 12.8 Å². The van der Waals surface area contributed by atoms with Crippen LogP contribution in [0.1, 0.15) is 29.9 Å². The normalized spacial score (nSPS) is 12.6. The zero-order valence-corrected chi connectivity index (χ0v) is 11.8. The molecule has 0 aliphatic carbocycles. The molecule has 2 heterocycles. The molecule has 1 N–H and O–H groups in total. The molecule has 6 nitrogen and oxygen atoms in total. The second kappa shape index (κ2) is 5.48. The number of hydrogen-bond donors (Lipinski definition) is 1. The summed E-state index contributed by atoms with van der Waals surface area (Å²) in [6.07, 6.45) is 0.562. The topological polar surface area (TPSA) is 89.1 Å². The van der Waals surface area contributed by atoms with Gasteiger partial charge in [-0.05, 0) is 19.8 Å². The molecule has 0 aromatic carbocycles. The highest BCUT2D eigenvalue weighted by molar-refractivity contribution is 7.15. The van der Waals surface area contributed by atoms with Crippen molar-refractivity contribution in [3.8, 4) is 10.8 Å². The van der Waals surface area contributed by atoms with Gasteiger partial charge in [-0.15, -0.1) is 21.5 Å². The predicted octanol–water partition coefficient (Wildman–Crippen LogP) is 2.46. The quantitative estimate of drug-likeness (QED) is 0.905. The van der Waals surface area contributed by atoms with E-state index in [-0.39, 0.29) is 12.3 Å². The molecule has 2 aromatic heterocycles. The molecule has 19 heavy (non-hydrogen) atoms. The number of rotatable bonds is 5. The van der Waals surface area contributed by atoms with Crippen LogP contribution in [0.25, 0.3) is 10.8 Å². The molecule has 1 atom stereocenters. The Balaban J connectivity index is 2.11. The SMILES string of the molecule is Cc1nc(C)c(-c2nnc(CC(C)CC(=O)O)o2)s1. The van der Waals surface area contributed by atoms with Crippen LogP contribution in [0.4, 0.5) is 0 Å². The first kappa shape index (κ1) is 13.7. The highest BCUT2D eigenvalue weighted by atomic mass is 32.1. The number of carboxylic acids is 1. The van der Waals surface area contributed by atoms with Crippen molar-refractivity contribution in [2.24, 2.45) is 5.92 Å². The monoisotopic (exact) mass is 281 g/mol. The molecule has 102 valence electrons. The lowest BCUT2D eigenvalue weighted by Gasteiger charge is -2.03. The van der Waals surface area contributed by atoms with E-state index in [0.29, 0.717) is 18.2 Å². The summed E-state index contributed by atoms with van der Waals surface area (Å²) in [5, 5.41) is 17.6. The van der Waals surface area contributed by atoms with Gasteiger partial charge in [-0.3, -0.25) is 4.79 Å². The lowest BCUT2D eigenvalue weighted by atomic mass is 10.0. The zero-order chi connectivity index (χ0) is 14.0. The maximum absolute atomic E-state index is 10.6. The summed E-state index contributed by atoms with van der Waals surface area (Å²) in [5.41, 5.74) is 0.872. The van der Waals surface area contributed by atoms with Crippen LogP contribution in [0, 0.1) is 19.8 Å². The molecule has 0 fully saturated rings. The summed E-state index contributed by atoms with van der Waals surface area (Å²) in [6, 6.07) is 0. The average molecular weight is 281 g/mol. The van der Waals surface area contributed by atoms with Crippen molar-refractivity contribution >= 4 is 17.3 Å². The number of carbonyl (C=O) groups is 1. The number of aliphatic carboxylic acids is 1. The summed E-state index contributed by atoms with van der Waals surface area (Å²) in [6.45, 7) is 5.67. The first-order valence-corrected chi connectivity index (χ1v) is 6.76. The summed E-state index contributed by atoms with van der Waals surface area (Å²) < 4.78 is 5.57. The van der Waals surface area contributed by atoms with Crippen molar-refractivity contribution in [3.05, 3.63) is 16.6 Å². The molecule has 0 bridgehead atoms. The van der Waals surface area contributed by atoms with Gasteiger partial charge in [0.2, 0.25) is 5.89 Å². The molecule has 7 heteroatoms. The average Bonchev–Trinajstić information content (AvgIpc) is 2.84. The van der Waals surface area contributed by atoms with Crippen LogP contribution in [0.15, 0.2) is 4.42 Å². The standard InChI is InChI=1S/C12H15N3O3S/c1-6(5-10(16)17)4-9-14-15-12(18-9)11-7(2)13-8(3)19-11/h6H,4-5H2,1-3H3,(H,16,17). The van der Waals surface area contributed by atoms with Crippen molar-refractivity contribution in [3.63, 3.8) is 0 Å². The third-order valence-corrected chi connectivity index (χ3v) is 3.67. The maximum Gasteiger partial charge on any atom is 0.303 e. The number of aromatic nitrogens is 3. The Hall–Kier alpha value is -1.76. The van der Waals surface area contributed by atoms with Gasteiger partial charge in [-0.1, -0.05) is 6.92 Å². The molecule has 1 unspecified atom stereocenters. The van der Waals surface area contributed by atoms with Crippen molar-refractivity contribution in [1.29, 1.82) is 0 Å². The Kier molecular flexibility index (Phi) is 3.94. The molecular weight excluding hydrogens is 266 g/mol. The highest BCUT2D eigenvalue weighted by Gasteiger charge is 2.17. The Morgan fingerprint density at radius 2 is 2.16 bits per heavy atom. The van der Waals surface area contributed by atoms with Crippen LogP contribution in [-0.2, 0) is 11.2 Å².